The van der Waals surface area contributed by atoms with Gasteiger partial charge in [-0.15, -0.1) is 0 Å². The highest BCUT2D eigenvalue weighted by molar-refractivity contribution is 7.19. The summed E-state index contributed by atoms with van der Waals surface area (Å²) in [6.45, 7) is 8.40. The van der Waals surface area contributed by atoms with Crippen LogP contribution in [0.5, 0.6) is 5.75 Å². The summed E-state index contributed by atoms with van der Waals surface area (Å²) < 4.78 is 7.44. The van der Waals surface area contributed by atoms with Gasteiger partial charge in [-0.25, -0.2) is 9.78 Å². The van der Waals surface area contributed by atoms with Gasteiger partial charge in [0.15, 0.2) is 4.96 Å². The third-order valence-corrected chi connectivity index (χ3v) is 5.02. The molecular formula is C17H18N2O3S. The van der Waals surface area contributed by atoms with Gasteiger partial charge in [-0.2, -0.15) is 0 Å². The van der Waals surface area contributed by atoms with E-state index in [9.17, 15) is 9.90 Å². The monoisotopic (exact) mass is 330 g/mol. The van der Waals surface area contributed by atoms with Gasteiger partial charge in [0.2, 0.25) is 0 Å². The summed E-state index contributed by atoms with van der Waals surface area (Å²) in [5.74, 6) is -0.0621. The van der Waals surface area contributed by atoms with Crippen molar-refractivity contribution in [2.75, 3.05) is 6.61 Å². The number of hydrogen-bond acceptors (Lipinski definition) is 4. The molecule has 23 heavy (non-hydrogen) atoms. The van der Waals surface area contributed by atoms with Crippen molar-refractivity contribution in [3.63, 3.8) is 0 Å². The Kier molecular flexibility index (Phi) is 3.85. The first-order valence-corrected chi connectivity index (χ1v) is 8.21. The smallest absolute Gasteiger partial charge is 0.347 e. The molecule has 0 fully saturated rings. The number of hydrogen-bond donors (Lipinski definition) is 1. The zero-order valence-electron chi connectivity index (χ0n) is 13.5. The van der Waals surface area contributed by atoms with E-state index in [-0.39, 0.29) is 0 Å². The summed E-state index contributed by atoms with van der Waals surface area (Å²) in [4.78, 5) is 17.0. The first kappa shape index (κ1) is 15.6. The Morgan fingerprint density at radius 1 is 1.30 bits per heavy atom. The molecule has 1 N–H and O–H groups in total. The molecule has 0 aliphatic rings. The van der Waals surface area contributed by atoms with Gasteiger partial charge in [-0.1, -0.05) is 11.3 Å². The Bertz CT molecular complexity index is 908. The van der Waals surface area contributed by atoms with E-state index in [1.807, 2.05) is 50.3 Å². The predicted molar refractivity (Wildman–Crippen MR) is 90.8 cm³/mol. The van der Waals surface area contributed by atoms with E-state index in [4.69, 9.17) is 4.74 Å². The van der Waals surface area contributed by atoms with Crippen molar-refractivity contribution in [3.05, 3.63) is 40.0 Å². The van der Waals surface area contributed by atoms with Crippen molar-refractivity contribution >= 4 is 22.3 Å². The van der Waals surface area contributed by atoms with E-state index in [0.29, 0.717) is 16.4 Å². The number of thiazole rings is 1. The van der Waals surface area contributed by atoms with Crippen LogP contribution in [-0.2, 0) is 0 Å². The lowest BCUT2D eigenvalue weighted by Crippen LogP contribution is -1.98. The lowest BCUT2D eigenvalue weighted by atomic mass is 10.0. The zero-order chi connectivity index (χ0) is 16.7. The second-order valence-corrected chi connectivity index (χ2v) is 6.37. The van der Waals surface area contributed by atoms with Crippen LogP contribution in [0.2, 0.25) is 0 Å². The molecule has 6 heteroatoms. The quantitative estimate of drug-likeness (QED) is 0.783. The molecular weight excluding hydrogens is 312 g/mol. The Morgan fingerprint density at radius 2 is 2.04 bits per heavy atom. The summed E-state index contributed by atoms with van der Waals surface area (Å²) in [7, 11) is 0. The van der Waals surface area contributed by atoms with E-state index < -0.39 is 5.97 Å². The molecule has 1 aromatic carbocycles. The van der Waals surface area contributed by atoms with Crippen LogP contribution in [0.1, 0.15) is 33.5 Å². The van der Waals surface area contributed by atoms with Crippen LogP contribution in [0.4, 0.5) is 0 Å². The fourth-order valence-electron chi connectivity index (χ4n) is 2.82. The fourth-order valence-corrected chi connectivity index (χ4v) is 3.83. The number of fused-ring (bicyclic) bond motifs is 1. The van der Waals surface area contributed by atoms with E-state index in [2.05, 4.69) is 4.98 Å². The maximum Gasteiger partial charge on any atom is 0.347 e. The average molecular weight is 330 g/mol. The molecule has 3 rings (SSSR count). The molecule has 120 valence electrons. The van der Waals surface area contributed by atoms with Crippen molar-refractivity contribution in [2.45, 2.75) is 27.7 Å². The average Bonchev–Trinajstić information content (AvgIpc) is 2.98. The molecule has 0 spiro atoms. The van der Waals surface area contributed by atoms with Crippen LogP contribution in [0.3, 0.4) is 0 Å². The first-order chi connectivity index (χ1) is 10.9. The minimum absolute atomic E-state index is 0.338. The second kappa shape index (κ2) is 5.70. The lowest BCUT2D eigenvalue weighted by Gasteiger charge is -2.08. The van der Waals surface area contributed by atoms with Crippen LogP contribution in [0.25, 0.3) is 16.2 Å². The number of carboxylic acids is 1. The van der Waals surface area contributed by atoms with Gasteiger partial charge in [-0.3, -0.25) is 4.40 Å². The fraction of sp³-hybridized carbons (Fsp3) is 0.294. The van der Waals surface area contributed by atoms with E-state index in [0.717, 1.165) is 34.0 Å². The highest BCUT2D eigenvalue weighted by atomic mass is 32.1. The van der Waals surface area contributed by atoms with Gasteiger partial charge in [0, 0.05) is 17.0 Å². The Morgan fingerprint density at radius 3 is 2.61 bits per heavy atom. The number of aromatic carboxylic acids is 1. The predicted octanol–water partition coefficient (Wildman–Crippen LogP) is 4.08. The van der Waals surface area contributed by atoms with Gasteiger partial charge in [0.05, 0.1) is 12.3 Å². The standard InChI is InChI=1S/C17H18N2O3S/c1-5-22-12-6-7-13(9(2)8-12)14-10(3)19-11(4)15(16(20)21)23-17(19)18-14/h6-8H,5H2,1-4H3,(H,20,21). The first-order valence-electron chi connectivity index (χ1n) is 7.39. The number of aromatic nitrogens is 2. The third-order valence-electron chi connectivity index (χ3n) is 3.89. The Labute approximate surface area is 138 Å². The van der Waals surface area contributed by atoms with E-state index in [1.54, 1.807) is 0 Å². The number of ether oxygens (including phenoxy) is 1. The minimum atomic E-state index is -0.906. The SMILES string of the molecule is CCOc1ccc(-c2nc3sc(C(=O)O)c(C)n3c2C)c(C)c1. The van der Waals surface area contributed by atoms with Crippen LogP contribution in [0, 0.1) is 20.8 Å². The van der Waals surface area contributed by atoms with Crippen LogP contribution in [-0.4, -0.2) is 27.1 Å². The largest absolute Gasteiger partial charge is 0.494 e. The van der Waals surface area contributed by atoms with Crippen LogP contribution >= 0.6 is 11.3 Å². The Hall–Kier alpha value is -2.34. The maximum atomic E-state index is 11.3. The highest BCUT2D eigenvalue weighted by Gasteiger charge is 2.21. The number of rotatable bonds is 4. The summed E-state index contributed by atoms with van der Waals surface area (Å²) in [5, 5.41) is 9.24. The minimum Gasteiger partial charge on any atom is -0.494 e. The number of benzene rings is 1. The molecule has 5 nitrogen and oxygen atoms in total. The third kappa shape index (κ3) is 2.49. The molecule has 0 aliphatic heterocycles. The van der Waals surface area contributed by atoms with Crippen molar-refractivity contribution in [2.24, 2.45) is 0 Å². The number of nitrogens with zero attached hydrogens (tertiary/aromatic N) is 2. The van der Waals surface area contributed by atoms with Gasteiger partial charge < -0.3 is 9.84 Å². The van der Waals surface area contributed by atoms with Crippen molar-refractivity contribution in [1.82, 2.24) is 9.38 Å². The molecule has 0 bridgehead atoms. The topological polar surface area (TPSA) is 63.8 Å². The summed E-state index contributed by atoms with van der Waals surface area (Å²) in [6.07, 6.45) is 0. The molecule has 3 aromatic rings. The molecule has 2 aromatic heterocycles. The molecule has 0 saturated carbocycles. The van der Waals surface area contributed by atoms with Gasteiger partial charge in [0.25, 0.3) is 0 Å². The van der Waals surface area contributed by atoms with Gasteiger partial charge in [0.1, 0.15) is 10.6 Å². The lowest BCUT2D eigenvalue weighted by molar-refractivity contribution is 0.0701. The molecule has 0 atom stereocenters. The van der Waals surface area contributed by atoms with Gasteiger partial charge >= 0.3 is 5.97 Å². The normalized spacial score (nSPS) is 11.1. The van der Waals surface area contributed by atoms with Crippen molar-refractivity contribution in [1.29, 1.82) is 0 Å². The molecule has 0 amide bonds. The van der Waals surface area contributed by atoms with Gasteiger partial charge in [-0.05, 0) is 51.5 Å². The molecule has 0 aliphatic carbocycles. The molecule has 0 unspecified atom stereocenters. The van der Waals surface area contributed by atoms with Crippen molar-refractivity contribution in [3.8, 4) is 17.0 Å². The maximum absolute atomic E-state index is 11.3. The second-order valence-electron chi connectivity index (χ2n) is 5.40. The van der Waals surface area contributed by atoms with E-state index >= 15 is 0 Å². The van der Waals surface area contributed by atoms with Crippen molar-refractivity contribution < 1.29 is 14.6 Å². The molecule has 0 saturated heterocycles. The van der Waals surface area contributed by atoms with E-state index in [1.165, 1.54) is 11.3 Å². The van der Waals surface area contributed by atoms with Crippen LogP contribution in [0.15, 0.2) is 18.2 Å². The molecule has 0 radical (unpaired) electrons. The summed E-state index contributed by atoms with van der Waals surface area (Å²) in [6, 6.07) is 5.95. The van der Waals surface area contributed by atoms with Crippen LogP contribution < -0.4 is 4.74 Å². The number of carbonyl (C=O) groups is 1. The summed E-state index contributed by atoms with van der Waals surface area (Å²) >= 11 is 1.21. The summed E-state index contributed by atoms with van der Waals surface area (Å²) in [5.41, 5.74) is 4.68. The molecule has 2 heterocycles. The zero-order valence-corrected chi connectivity index (χ0v) is 14.3. The number of imidazole rings is 1. The number of aryl methyl sites for hydroxylation is 3. The highest BCUT2D eigenvalue weighted by Crippen LogP contribution is 2.33. The number of carboxylic acid groups (broad SMARTS) is 1. The Balaban J connectivity index is 2.14.